The van der Waals surface area contributed by atoms with Gasteiger partial charge in [-0.2, -0.15) is 0 Å². The van der Waals surface area contributed by atoms with Gasteiger partial charge in [0.05, 0.1) is 0 Å². The fourth-order valence-electron chi connectivity index (χ4n) is 4.40. The van der Waals surface area contributed by atoms with Crippen LogP contribution in [0.2, 0.25) is 5.02 Å². The van der Waals surface area contributed by atoms with Crippen molar-refractivity contribution in [2.24, 2.45) is 23.5 Å². The average molecular weight is 378 g/mol. The first-order valence-corrected chi connectivity index (χ1v) is 9.91. The minimum Gasteiger partial charge on any atom is -0.355 e. The van der Waals surface area contributed by atoms with Crippen molar-refractivity contribution < 1.29 is 9.59 Å². The quantitative estimate of drug-likeness (QED) is 0.736. The maximum atomic E-state index is 12.5. The van der Waals surface area contributed by atoms with Crippen LogP contribution in [0, 0.1) is 24.7 Å². The van der Waals surface area contributed by atoms with Crippen LogP contribution in [0.3, 0.4) is 0 Å². The Morgan fingerprint density at radius 2 is 1.92 bits per heavy atom. The van der Waals surface area contributed by atoms with E-state index in [0.717, 1.165) is 31.2 Å². The molecular weight excluding hydrogens is 350 g/mol. The Hall–Kier alpha value is -1.59. The average Bonchev–Trinajstić information content (AvgIpc) is 2.58. The molecule has 2 amide bonds. The molecule has 1 aromatic carbocycles. The summed E-state index contributed by atoms with van der Waals surface area (Å²) in [7, 11) is 0. The fourth-order valence-corrected chi connectivity index (χ4v) is 4.58. The normalized spacial score (nSPS) is 27.7. The molecule has 2 unspecified atom stereocenters. The van der Waals surface area contributed by atoms with E-state index < -0.39 is 0 Å². The maximum Gasteiger partial charge on any atom is 0.226 e. The van der Waals surface area contributed by atoms with Crippen molar-refractivity contribution in [1.82, 2.24) is 5.32 Å². The van der Waals surface area contributed by atoms with Crippen LogP contribution < -0.4 is 16.4 Å². The number of amides is 2. The fraction of sp³-hybridized carbons (Fsp3) is 0.600. The number of rotatable bonds is 5. The third kappa shape index (κ3) is 4.38. The van der Waals surface area contributed by atoms with Crippen LogP contribution in [0.25, 0.3) is 0 Å². The minimum atomic E-state index is -0.127. The highest BCUT2D eigenvalue weighted by Crippen LogP contribution is 2.41. The van der Waals surface area contributed by atoms with E-state index in [1.165, 1.54) is 6.42 Å². The van der Waals surface area contributed by atoms with E-state index in [4.69, 9.17) is 17.3 Å². The summed E-state index contributed by atoms with van der Waals surface area (Å²) in [6.45, 7) is 2.21. The number of hydrogen-bond acceptors (Lipinski definition) is 3. The van der Waals surface area contributed by atoms with Gasteiger partial charge in [0.1, 0.15) is 0 Å². The standard InChI is InChI=1S/C20H28ClN3O2/c1-12-16(21)6-3-7-17(12)24-18(25)8-9-23-20(26)15-10-13-4-2-5-14(11-15)19(13)22/h3,6-7,13-15,19H,2,4-5,8-11,22H2,1H3,(H,23,26)(H,24,25). The van der Waals surface area contributed by atoms with Crippen LogP contribution in [0.1, 0.15) is 44.1 Å². The van der Waals surface area contributed by atoms with Gasteiger partial charge < -0.3 is 16.4 Å². The number of anilines is 1. The van der Waals surface area contributed by atoms with Gasteiger partial charge >= 0.3 is 0 Å². The SMILES string of the molecule is Cc1c(Cl)cccc1NC(=O)CCNC(=O)C1CC2CCCC(C1)C2N. The molecule has 142 valence electrons. The second-order valence-electron chi connectivity index (χ2n) is 7.70. The van der Waals surface area contributed by atoms with Crippen molar-refractivity contribution in [2.45, 2.75) is 51.5 Å². The summed E-state index contributed by atoms with van der Waals surface area (Å²) in [6, 6.07) is 5.68. The van der Waals surface area contributed by atoms with Gasteiger partial charge in [-0.25, -0.2) is 0 Å². The molecule has 3 rings (SSSR count). The van der Waals surface area contributed by atoms with Crippen LogP contribution in [0.4, 0.5) is 5.69 Å². The molecule has 2 saturated carbocycles. The van der Waals surface area contributed by atoms with Gasteiger partial charge in [-0.15, -0.1) is 0 Å². The topological polar surface area (TPSA) is 84.2 Å². The van der Waals surface area contributed by atoms with Crippen molar-refractivity contribution in [3.63, 3.8) is 0 Å². The second kappa shape index (κ2) is 8.40. The molecule has 26 heavy (non-hydrogen) atoms. The molecular formula is C20H28ClN3O2. The predicted octanol–water partition coefficient (Wildman–Crippen LogP) is 3.25. The lowest BCUT2D eigenvalue weighted by molar-refractivity contribution is -0.128. The molecule has 0 heterocycles. The van der Waals surface area contributed by atoms with E-state index in [2.05, 4.69) is 10.6 Å². The van der Waals surface area contributed by atoms with Crippen LogP contribution >= 0.6 is 11.6 Å². The number of carbonyl (C=O) groups is 2. The highest BCUT2D eigenvalue weighted by Gasteiger charge is 2.40. The molecule has 4 N–H and O–H groups in total. The lowest BCUT2D eigenvalue weighted by Gasteiger charge is -2.43. The first-order valence-electron chi connectivity index (χ1n) is 9.54. The summed E-state index contributed by atoms with van der Waals surface area (Å²) in [4.78, 5) is 24.6. The molecule has 2 atom stereocenters. The molecule has 0 spiro atoms. The highest BCUT2D eigenvalue weighted by atomic mass is 35.5. The van der Waals surface area contributed by atoms with Gasteiger partial charge in [-0.1, -0.05) is 24.1 Å². The van der Waals surface area contributed by atoms with Crippen molar-refractivity contribution >= 4 is 29.1 Å². The Morgan fingerprint density at radius 1 is 1.23 bits per heavy atom. The van der Waals surface area contributed by atoms with Gasteiger partial charge in [0.25, 0.3) is 0 Å². The number of fused-ring (bicyclic) bond motifs is 2. The number of hydrogen-bond donors (Lipinski definition) is 3. The predicted molar refractivity (Wildman–Crippen MR) is 104 cm³/mol. The van der Waals surface area contributed by atoms with Crippen LogP contribution in [0.15, 0.2) is 18.2 Å². The van der Waals surface area contributed by atoms with Crippen LogP contribution in [-0.2, 0) is 9.59 Å². The van der Waals surface area contributed by atoms with E-state index in [1.54, 1.807) is 12.1 Å². The first kappa shape index (κ1) is 19.2. The maximum absolute atomic E-state index is 12.5. The van der Waals surface area contributed by atoms with E-state index in [-0.39, 0.29) is 30.2 Å². The van der Waals surface area contributed by atoms with Gasteiger partial charge in [0.15, 0.2) is 0 Å². The van der Waals surface area contributed by atoms with Gasteiger partial charge in [0, 0.05) is 35.6 Å². The summed E-state index contributed by atoms with van der Waals surface area (Å²) < 4.78 is 0. The number of nitrogens with one attached hydrogen (secondary N) is 2. The van der Waals surface area contributed by atoms with Crippen LogP contribution in [0.5, 0.6) is 0 Å². The zero-order valence-electron chi connectivity index (χ0n) is 15.3. The third-order valence-electron chi connectivity index (χ3n) is 5.98. The smallest absolute Gasteiger partial charge is 0.226 e. The number of nitrogens with two attached hydrogens (primary N) is 1. The largest absolute Gasteiger partial charge is 0.355 e. The van der Waals surface area contributed by atoms with Gasteiger partial charge in [-0.05, 0) is 62.1 Å². The second-order valence-corrected chi connectivity index (χ2v) is 8.11. The van der Waals surface area contributed by atoms with Crippen molar-refractivity contribution in [3.05, 3.63) is 28.8 Å². The van der Waals surface area contributed by atoms with E-state index in [1.807, 2.05) is 13.0 Å². The Labute approximate surface area is 160 Å². The summed E-state index contributed by atoms with van der Waals surface area (Å²) >= 11 is 6.06. The van der Waals surface area contributed by atoms with E-state index in [0.29, 0.717) is 29.1 Å². The molecule has 2 fully saturated rings. The van der Waals surface area contributed by atoms with Crippen molar-refractivity contribution in [1.29, 1.82) is 0 Å². The molecule has 2 bridgehead atoms. The van der Waals surface area contributed by atoms with Crippen molar-refractivity contribution in [2.75, 3.05) is 11.9 Å². The zero-order chi connectivity index (χ0) is 18.7. The molecule has 6 heteroatoms. The van der Waals surface area contributed by atoms with E-state index in [9.17, 15) is 9.59 Å². The van der Waals surface area contributed by atoms with Gasteiger partial charge in [-0.3, -0.25) is 9.59 Å². The van der Waals surface area contributed by atoms with E-state index >= 15 is 0 Å². The molecule has 0 saturated heterocycles. The summed E-state index contributed by atoms with van der Waals surface area (Å²) in [5.74, 6) is 0.946. The zero-order valence-corrected chi connectivity index (χ0v) is 16.0. The molecule has 0 aromatic heterocycles. The molecule has 2 aliphatic carbocycles. The molecule has 1 aromatic rings. The summed E-state index contributed by atoms with van der Waals surface area (Å²) in [5.41, 5.74) is 7.84. The van der Waals surface area contributed by atoms with Crippen LogP contribution in [-0.4, -0.2) is 24.4 Å². The van der Waals surface area contributed by atoms with Crippen molar-refractivity contribution in [3.8, 4) is 0 Å². The highest BCUT2D eigenvalue weighted by molar-refractivity contribution is 6.31. The minimum absolute atomic E-state index is 0.0448. The summed E-state index contributed by atoms with van der Waals surface area (Å²) in [6.07, 6.45) is 5.54. The Kier molecular flexibility index (Phi) is 6.20. The number of benzene rings is 1. The molecule has 0 aliphatic heterocycles. The third-order valence-corrected chi connectivity index (χ3v) is 6.39. The molecule has 0 radical (unpaired) electrons. The summed E-state index contributed by atoms with van der Waals surface area (Å²) in [5, 5.41) is 6.41. The number of carbonyl (C=O) groups excluding carboxylic acids is 2. The Bertz CT molecular complexity index is 665. The van der Waals surface area contributed by atoms with Gasteiger partial charge in [0.2, 0.25) is 11.8 Å². The monoisotopic (exact) mass is 377 g/mol. The Balaban J connectivity index is 1.44. The first-order chi connectivity index (χ1) is 12.5. The molecule has 2 aliphatic rings. The Morgan fingerprint density at radius 3 is 2.62 bits per heavy atom. The lowest BCUT2D eigenvalue weighted by Crippen LogP contribution is -2.49. The lowest BCUT2D eigenvalue weighted by atomic mass is 9.65. The number of halogens is 1. The molecule has 5 nitrogen and oxygen atoms in total.